The highest BCUT2D eigenvalue weighted by atomic mass is 32.2. The van der Waals surface area contributed by atoms with Gasteiger partial charge in [0.2, 0.25) is 17.7 Å². The van der Waals surface area contributed by atoms with E-state index in [2.05, 4.69) is 16.0 Å². The molecule has 0 aromatic heterocycles. The molecule has 5 atom stereocenters. The van der Waals surface area contributed by atoms with Crippen LogP contribution in [0.5, 0.6) is 0 Å². The third-order valence-electron chi connectivity index (χ3n) is 3.58. The number of rotatable bonds is 12. The second kappa shape index (κ2) is 12.5. The molecule has 156 valence electrons. The first-order chi connectivity index (χ1) is 12.5. The molecule has 0 bridgehead atoms. The Kier molecular flexibility index (Phi) is 11.6. The van der Waals surface area contributed by atoms with E-state index in [0.29, 0.717) is 12.2 Å². The highest BCUT2D eigenvalue weighted by molar-refractivity contribution is 7.98. The lowest BCUT2D eigenvalue weighted by Gasteiger charge is -2.25. The number of amides is 3. The van der Waals surface area contributed by atoms with Crippen molar-refractivity contribution < 1.29 is 34.5 Å². The number of hydrogen-bond acceptors (Lipinski definition) is 8. The van der Waals surface area contributed by atoms with Crippen LogP contribution in [0.25, 0.3) is 0 Å². The van der Waals surface area contributed by atoms with Crippen LogP contribution in [0, 0.1) is 0 Å². The largest absolute Gasteiger partial charge is 0.480 e. The molecule has 5 unspecified atom stereocenters. The van der Waals surface area contributed by atoms with Crippen molar-refractivity contribution in [2.45, 2.75) is 50.5 Å². The molecule has 0 saturated heterocycles. The van der Waals surface area contributed by atoms with Gasteiger partial charge in [-0.2, -0.15) is 11.8 Å². The Morgan fingerprint density at radius 1 is 1.04 bits per heavy atom. The van der Waals surface area contributed by atoms with E-state index >= 15 is 0 Å². The third-order valence-corrected chi connectivity index (χ3v) is 4.22. The van der Waals surface area contributed by atoms with Gasteiger partial charge in [-0.25, -0.2) is 0 Å². The van der Waals surface area contributed by atoms with E-state index in [9.17, 15) is 29.4 Å². The van der Waals surface area contributed by atoms with Gasteiger partial charge >= 0.3 is 5.97 Å². The second-order valence-electron chi connectivity index (χ2n) is 5.93. The molecular weight excluding hydrogens is 380 g/mol. The van der Waals surface area contributed by atoms with Crippen molar-refractivity contribution >= 4 is 35.5 Å². The SMILES string of the molecule is CSCCC(N)C(=O)NC(CO)C(=O)NC(C(=O)NC(C)C(=O)O)C(C)O. The minimum absolute atomic E-state index is 0.374. The van der Waals surface area contributed by atoms with Crippen LogP contribution in [0.4, 0.5) is 0 Å². The zero-order chi connectivity index (χ0) is 21.1. The van der Waals surface area contributed by atoms with Crippen LogP contribution in [0.15, 0.2) is 0 Å². The van der Waals surface area contributed by atoms with Gasteiger partial charge in [-0.1, -0.05) is 0 Å². The molecule has 0 fully saturated rings. The van der Waals surface area contributed by atoms with E-state index in [1.807, 2.05) is 6.26 Å². The fraction of sp³-hybridized carbons (Fsp3) is 0.733. The van der Waals surface area contributed by atoms with Gasteiger partial charge in [0.05, 0.1) is 18.8 Å². The predicted octanol–water partition coefficient (Wildman–Crippen LogP) is -3.00. The van der Waals surface area contributed by atoms with Gasteiger partial charge in [-0.15, -0.1) is 0 Å². The lowest BCUT2D eigenvalue weighted by molar-refractivity contribution is -0.142. The number of carboxylic acids is 1. The van der Waals surface area contributed by atoms with E-state index in [1.54, 1.807) is 0 Å². The Bertz CT molecular complexity index is 532. The van der Waals surface area contributed by atoms with Crippen molar-refractivity contribution in [3.8, 4) is 0 Å². The summed E-state index contributed by atoms with van der Waals surface area (Å²) >= 11 is 1.50. The molecule has 0 aliphatic carbocycles. The van der Waals surface area contributed by atoms with Crippen molar-refractivity contribution in [2.75, 3.05) is 18.6 Å². The number of aliphatic hydroxyl groups is 2. The van der Waals surface area contributed by atoms with Gasteiger partial charge in [-0.3, -0.25) is 19.2 Å². The number of carbonyl (C=O) groups is 4. The molecule has 0 rings (SSSR count). The lowest BCUT2D eigenvalue weighted by atomic mass is 10.1. The number of aliphatic carboxylic acids is 1. The highest BCUT2D eigenvalue weighted by Gasteiger charge is 2.31. The summed E-state index contributed by atoms with van der Waals surface area (Å²) in [5.74, 6) is -3.15. The Morgan fingerprint density at radius 3 is 2.07 bits per heavy atom. The van der Waals surface area contributed by atoms with Crippen LogP contribution in [0.1, 0.15) is 20.3 Å². The monoisotopic (exact) mass is 408 g/mol. The first-order valence-corrected chi connectivity index (χ1v) is 9.61. The quantitative estimate of drug-likeness (QED) is 0.176. The molecule has 3 amide bonds. The van der Waals surface area contributed by atoms with E-state index in [0.717, 1.165) is 0 Å². The summed E-state index contributed by atoms with van der Waals surface area (Å²) in [5.41, 5.74) is 5.69. The molecule has 0 aliphatic rings. The molecule has 0 aromatic rings. The summed E-state index contributed by atoms with van der Waals surface area (Å²) in [6, 6.07) is -4.97. The standard InChI is InChI=1S/C15H28N4O7S/c1-7(15(25)26)17-14(24)11(8(2)21)19-13(23)10(6-20)18-12(22)9(16)4-5-27-3/h7-11,20-21H,4-6,16H2,1-3H3,(H,17,24)(H,18,22)(H,19,23)(H,25,26). The lowest BCUT2D eigenvalue weighted by Crippen LogP contribution is -2.60. The first-order valence-electron chi connectivity index (χ1n) is 8.22. The molecule has 0 aliphatic heterocycles. The van der Waals surface area contributed by atoms with Crippen molar-refractivity contribution in [3.05, 3.63) is 0 Å². The third kappa shape index (κ3) is 9.04. The Hall–Kier alpha value is -1.89. The Labute approximate surface area is 161 Å². The van der Waals surface area contributed by atoms with Crippen LogP contribution in [0.2, 0.25) is 0 Å². The molecular formula is C15H28N4O7S. The fourth-order valence-corrected chi connectivity index (χ4v) is 2.36. The molecule has 12 heteroatoms. The molecule has 11 nitrogen and oxygen atoms in total. The normalized spacial score (nSPS) is 16.4. The van der Waals surface area contributed by atoms with Gasteiger partial charge in [0.1, 0.15) is 18.1 Å². The maximum atomic E-state index is 12.2. The summed E-state index contributed by atoms with van der Waals surface area (Å²) in [5, 5.41) is 34.5. The first kappa shape index (κ1) is 25.1. The predicted molar refractivity (Wildman–Crippen MR) is 98.8 cm³/mol. The summed E-state index contributed by atoms with van der Waals surface area (Å²) in [7, 11) is 0. The molecule has 27 heavy (non-hydrogen) atoms. The van der Waals surface area contributed by atoms with E-state index in [-0.39, 0.29) is 0 Å². The van der Waals surface area contributed by atoms with Crippen LogP contribution in [-0.2, 0) is 19.2 Å². The van der Waals surface area contributed by atoms with Gasteiger partial charge in [0.25, 0.3) is 0 Å². The van der Waals surface area contributed by atoms with E-state index in [1.165, 1.54) is 25.6 Å². The van der Waals surface area contributed by atoms with E-state index < -0.39 is 60.6 Å². The minimum atomic E-state index is -1.48. The van der Waals surface area contributed by atoms with Gasteiger partial charge in [0, 0.05) is 0 Å². The molecule has 8 N–H and O–H groups in total. The highest BCUT2D eigenvalue weighted by Crippen LogP contribution is 2.00. The summed E-state index contributed by atoms with van der Waals surface area (Å²) < 4.78 is 0. The summed E-state index contributed by atoms with van der Waals surface area (Å²) in [4.78, 5) is 47.1. The van der Waals surface area contributed by atoms with Crippen molar-refractivity contribution in [1.82, 2.24) is 16.0 Å². The van der Waals surface area contributed by atoms with Crippen LogP contribution in [-0.4, -0.2) is 87.9 Å². The number of thioether (sulfide) groups is 1. The minimum Gasteiger partial charge on any atom is -0.480 e. The van der Waals surface area contributed by atoms with Crippen molar-refractivity contribution in [3.63, 3.8) is 0 Å². The molecule has 0 saturated carbocycles. The maximum Gasteiger partial charge on any atom is 0.325 e. The summed E-state index contributed by atoms with van der Waals surface area (Å²) in [6.45, 7) is 1.68. The zero-order valence-corrected chi connectivity index (χ0v) is 16.3. The van der Waals surface area contributed by atoms with Gasteiger partial charge < -0.3 is 37.0 Å². The Morgan fingerprint density at radius 2 is 1.63 bits per heavy atom. The van der Waals surface area contributed by atoms with Crippen molar-refractivity contribution in [1.29, 1.82) is 0 Å². The molecule has 0 radical (unpaired) electrons. The number of aliphatic hydroxyl groups excluding tert-OH is 2. The van der Waals surface area contributed by atoms with Crippen LogP contribution >= 0.6 is 11.8 Å². The maximum absolute atomic E-state index is 12.2. The molecule has 0 heterocycles. The second-order valence-corrected chi connectivity index (χ2v) is 6.91. The number of carboxylic acid groups (broad SMARTS) is 1. The summed E-state index contributed by atoms with van der Waals surface area (Å²) in [6.07, 6.45) is 0.869. The van der Waals surface area contributed by atoms with E-state index in [4.69, 9.17) is 10.8 Å². The average Bonchev–Trinajstić information content (AvgIpc) is 2.60. The zero-order valence-electron chi connectivity index (χ0n) is 15.5. The number of nitrogens with two attached hydrogens (primary N) is 1. The van der Waals surface area contributed by atoms with Gasteiger partial charge in [-0.05, 0) is 32.3 Å². The number of nitrogens with one attached hydrogen (secondary N) is 3. The molecule has 0 aromatic carbocycles. The smallest absolute Gasteiger partial charge is 0.325 e. The van der Waals surface area contributed by atoms with Crippen molar-refractivity contribution in [2.24, 2.45) is 5.73 Å². The fourth-order valence-electron chi connectivity index (χ4n) is 1.87. The van der Waals surface area contributed by atoms with Crippen LogP contribution < -0.4 is 21.7 Å². The van der Waals surface area contributed by atoms with Crippen LogP contribution in [0.3, 0.4) is 0 Å². The molecule has 0 spiro atoms. The van der Waals surface area contributed by atoms with Gasteiger partial charge in [0.15, 0.2) is 0 Å². The topological polar surface area (TPSA) is 191 Å². The Balaban J connectivity index is 4.95. The number of carbonyl (C=O) groups excluding carboxylic acids is 3. The number of hydrogen-bond donors (Lipinski definition) is 7. The average molecular weight is 408 g/mol.